The zero-order valence-corrected chi connectivity index (χ0v) is 19.2. The highest BCUT2D eigenvalue weighted by molar-refractivity contribution is 7.89. The van der Waals surface area contributed by atoms with E-state index in [-0.39, 0.29) is 18.7 Å². The molecule has 1 fully saturated rings. The van der Waals surface area contributed by atoms with Crippen LogP contribution in [0.1, 0.15) is 49.8 Å². The number of benzene rings is 1. The zero-order chi connectivity index (χ0) is 23.8. The van der Waals surface area contributed by atoms with Gasteiger partial charge in [0.25, 0.3) is 0 Å². The van der Waals surface area contributed by atoms with Gasteiger partial charge in [-0.15, -0.1) is 0 Å². The lowest BCUT2D eigenvalue weighted by molar-refractivity contribution is -0.0492. The normalized spacial score (nSPS) is 20.8. The number of aryl methyl sites for hydroxylation is 1. The minimum Gasteiger partial charge on any atom is -0.361 e. The molecule has 6 nitrogen and oxygen atoms in total. The van der Waals surface area contributed by atoms with Gasteiger partial charge in [-0.2, -0.15) is 17.5 Å². The second-order valence-electron chi connectivity index (χ2n) is 9.06. The Morgan fingerprint density at radius 3 is 2.52 bits per heavy atom. The van der Waals surface area contributed by atoms with Gasteiger partial charge >= 0.3 is 15.5 Å². The van der Waals surface area contributed by atoms with Crippen LogP contribution in [-0.4, -0.2) is 40.4 Å². The molecule has 1 aliphatic heterocycles. The molecule has 0 bridgehead atoms. The maximum Gasteiger partial charge on any atom is 0.511 e. The molecule has 0 spiro atoms. The van der Waals surface area contributed by atoms with E-state index in [1.807, 2.05) is 18.1 Å². The van der Waals surface area contributed by atoms with Crippen molar-refractivity contribution in [1.82, 2.24) is 13.9 Å². The maximum absolute atomic E-state index is 14.1. The summed E-state index contributed by atoms with van der Waals surface area (Å²) in [5, 5.41) is 0. The topological polar surface area (TPSA) is 58.4 Å². The average molecular weight is 489 g/mol. The number of hydrogen-bond acceptors (Lipinski definition) is 4. The Bertz CT molecular complexity index is 1080. The van der Waals surface area contributed by atoms with E-state index in [0.29, 0.717) is 28.0 Å². The molecule has 2 aromatic rings. The van der Waals surface area contributed by atoms with Gasteiger partial charge in [-0.05, 0) is 42.5 Å². The van der Waals surface area contributed by atoms with E-state index < -0.39 is 33.9 Å². The standard InChI is InChI=1S/C22H28F4N4O2S/c1-28-12-19(27-15-28)13-30-20(8-6-16-4-2-3-5-16)14-29(33(31,32)22(24,25)26)11-17-10-18(23)7-9-21(17)30/h7,9-10,12,15-16,20H,2-6,8,11,13-14H2,1H3/t20-/m1/s1. The van der Waals surface area contributed by atoms with Crippen LogP contribution in [0.4, 0.5) is 23.2 Å². The number of anilines is 1. The summed E-state index contributed by atoms with van der Waals surface area (Å²) in [7, 11) is -3.76. The maximum atomic E-state index is 14.1. The van der Waals surface area contributed by atoms with E-state index in [0.717, 1.165) is 38.2 Å². The summed E-state index contributed by atoms with van der Waals surface area (Å²) in [5.41, 5.74) is -3.97. The molecule has 0 N–H and O–H groups in total. The number of hydrogen-bond donors (Lipinski definition) is 0. The van der Waals surface area contributed by atoms with Crippen LogP contribution >= 0.6 is 0 Å². The van der Waals surface area contributed by atoms with Crippen molar-refractivity contribution >= 4 is 15.7 Å². The highest BCUT2D eigenvalue weighted by atomic mass is 32.2. The van der Waals surface area contributed by atoms with E-state index >= 15 is 0 Å². The number of rotatable bonds is 6. The summed E-state index contributed by atoms with van der Waals surface area (Å²) in [6.45, 7) is -0.569. The number of sulfonamides is 1. The molecule has 1 aromatic heterocycles. The monoisotopic (exact) mass is 488 g/mol. The van der Waals surface area contributed by atoms with Crippen molar-refractivity contribution in [3.8, 4) is 0 Å². The van der Waals surface area contributed by atoms with Gasteiger partial charge in [-0.3, -0.25) is 0 Å². The molecule has 1 aromatic carbocycles. The molecule has 1 aliphatic carbocycles. The fraction of sp³-hybridized carbons (Fsp3) is 0.591. The Labute approximate surface area is 191 Å². The van der Waals surface area contributed by atoms with Crippen molar-refractivity contribution in [3.05, 3.63) is 47.8 Å². The van der Waals surface area contributed by atoms with E-state index in [1.54, 1.807) is 10.9 Å². The Morgan fingerprint density at radius 1 is 1.15 bits per heavy atom. The van der Waals surface area contributed by atoms with Crippen molar-refractivity contribution in [2.75, 3.05) is 11.4 Å². The molecule has 0 amide bonds. The first kappa shape index (κ1) is 24.0. The molecule has 0 unspecified atom stereocenters. The highest BCUT2D eigenvalue weighted by Gasteiger charge is 2.51. The largest absolute Gasteiger partial charge is 0.511 e. The molecule has 0 saturated heterocycles. The lowest BCUT2D eigenvalue weighted by atomic mass is 9.97. The Kier molecular flexibility index (Phi) is 6.73. The molecule has 4 rings (SSSR count). The van der Waals surface area contributed by atoms with E-state index in [9.17, 15) is 26.0 Å². The summed E-state index contributed by atoms with van der Waals surface area (Å²) >= 11 is 0. The van der Waals surface area contributed by atoms with Gasteiger partial charge < -0.3 is 9.47 Å². The van der Waals surface area contributed by atoms with Crippen LogP contribution in [0.3, 0.4) is 0 Å². The molecule has 182 valence electrons. The average Bonchev–Trinajstić information content (AvgIpc) is 3.36. The predicted molar refractivity (Wildman–Crippen MR) is 116 cm³/mol. The van der Waals surface area contributed by atoms with Crippen LogP contribution in [0, 0.1) is 11.7 Å². The van der Waals surface area contributed by atoms with Gasteiger partial charge in [-0.1, -0.05) is 25.7 Å². The third-order valence-corrected chi connectivity index (χ3v) is 8.20. The first-order chi connectivity index (χ1) is 15.5. The SMILES string of the molecule is Cn1cnc(CN2c3ccc(F)cc3CN(S(=O)(=O)C(F)(F)F)C[C@H]2CCC2CCCC2)c1. The highest BCUT2D eigenvalue weighted by Crippen LogP contribution is 2.37. The van der Waals surface area contributed by atoms with E-state index in [2.05, 4.69) is 4.98 Å². The Morgan fingerprint density at radius 2 is 1.88 bits per heavy atom. The van der Waals surface area contributed by atoms with Crippen LogP contribution in [0.2, 0.25) is 0 Å². The van der Waals surface area contributed by atoms with Gasteiger partial charge in [0, 0.05) is 38.1 Å². The van der Waals surface area contributed by atoms with Gasteiger partial charge in [0.2, 0.25) is 0 Å². The van der Waals surface area contributed by atoms with E-state index in [1.165, 1.54) is 12.1 Å². The molecule has 2 heterocycles. The molecular formula is C22H28F4N4O2S. The molecule has 33 heavy (non-hydrogen) atoms. The number of fused-ring (bicyclic) bond motifs is 1. The van der Waals surface area contributed by atoms with Crippen molar-refractivity contribution < 1.29 is 26.0 Å². The number of halogens is 4. The first-order valence-electron chi connectivity index (χ1n) is 11.1. The number of alkyl halides is 3. The third kappa shape index (κ3) is 5.18. The third-order valence-electron chi connectivity index (χ3n) is 6.66. The fourth-order valence-electron chi connectivity index (χ4n) is 4.99. The fourth-order valence-corrected chi connectivity index (χ4v) is 5.96. The van der Waals surface area contributed by atoms with Crippen LogP contribution in [-0.2, 0) is 30.2 Å². The van der Waals surface area contributed by atoms with Crippen LogP contribution in [0.5, 0.6) is 0 Å². The number of nitrogens with zero attached hydrogens (tertiary/aromatic N) is 4. The van der Waals surface area contributed by atoms with Crippen molar-refractivity contribution in [1.29, 1.82) is 0 Å². The molecule has 1 saturated carbocycles. The van der Waals surface area contributed by atoms with E-state index in [4.69, 9.17) is 0 Å². The minimum atomic E-state index is -5.58. The summed E-state index contributed by atoms with van der Waals surface area (Å²) in [4.78, 5) is 6.25. The Balaban J connectivity index is 1.74. The second kappa shape index (κ2) is 9.25. The van der Waals surface area contributed by atoms with Crippen molar-refractivity contribution in [2.45, 2.75) is 63.2 Å². The smallest absolute Gasteiger partial charge is 0.361 e. The quantitative estimate of drug-likeness (QED) is 0.559. The molecule has 0 radical (unpaired) electrons. The van der Waals surface area contributed by atoms with Crippen LogP contribution < -0.4 is 4.90 Å². The molecule has 11 heteroatoms. The summed E-state index contributed by atoms with van der Waals surface area (Å²) in [5.74, 6) is -0.134. The van der Waals surface area contributed by atoms with Gasteiger partial charge in [0.15, 0.2) is 0 Å². The van der Waals surface area contributed by atoms with Crippen LogP contribution in [0.25, 0.3) is 0 Å². The second-order valence-corrected chi connectivity index (χ2v) is 11.0. The lowest BCUT2D eigenvalue weighted by Gasteiger charge is -2.34. The molecule has 2 aliphatic rings. The lowest BCUT2D eigenvalue weighted by Crippen LogP contribution is -2.47. The molecular weight excluding hydrogens is 460 g/mol. The van der Waals surface area contributed by atoms with Gasteiger partial charge in [0.05, 0.1) is 18.6 Å². The molecule has 1 atom stereocenters. The van der Waals surface area contributed by atoms with Gasteiger partial charge in [0.1, 0.15) is 5.82 Å². The first-order valence-corrected chi connectivity index (χ1v) is 12.6. The minimum absolute atomic E-state index is 0.210. The van der Waals surface area contributed by atoms with Crippen LogP contribution in [0.15, 0.2) is 30.7 Å². The Hall–Kier alpha value is -2.14. The summed E-state index contributed by atoms with van der Waals surface area (Å²) < 4.78 is 81.5. The summed E-state index contributed by atoms with van der Waals surface area (Å²) in [6, 6.07) is 3.40. The predicted octanol–water partition coefficient (Wildman–Crippen LogP) is 4.57. The van der Waals surface area contributed by atoms with Gasteiger partial charge in [-0.25, -0.2) is 17.8 Å². The van der Waals surface area contributed by atoms with Crippen molar-refractivity contribution in [2.24, 2.45) is 13.0 Å². The van der Waals surface area contributed by atoms with Crippen molar-refractivity contribution in [3.63, 3.8) is 0 Å². The number of imidazole rings is 1. The zero-order valence-electron chi connectivity index (χ0n) is 18.4. The summed E-state index contributed by atoms with van der Waals surface area (Å²) in [6.07, 6.45) is 9.24. The number of aromatic nitrogens is 2.